The molecule has 1 heterocycles. The molecule has 0 saturated heterocycles. The van der Waals surface area contributed by atoms with E-state index in [4.69, 9.17) is 4.98 Å². The van der Waals surface area contributed by atoms with E-state index in [1.54, 1.807) is 42.2 Å². The van der Waals surface area contributed by atoms with Crippen LogP contribution in [-0.2, 0) is 0 Å². The molecule has 1 unspecified atom stereocenters. The molecule has 1 amide bonds. The minimum Gasteiger partial charge on any atom is -0.329 e. The molecule has 8 nitrogen and oxygen atoms in total. The second-order valence-electron chi connectivity index (χ2n) is 8.54. The van der Waals surface area contributed by atoms with Gasteiger partial charge in [-0.25, -0.2) is 4.98 Å². The van der Waals surface area contributed by atoms with Crippen molar-refractivity contribution in [2.75, 3.05) is 6.54 Å². The number of para-hydroxylation sites is 1. The standard InChI is InChI=1S/C27H25BrN4O4/c1-4-15-30(26(33)19-10-9-17(2)24(16-19)32(35)36)18(3)25-29-23-8-6-5-7-22(23)27(34)31(25)21-13-11-20(28)12-14-21/h5-14,16,18H,4,15H2,1-3H3. The summed E-state index contributed by atoms with van der Waals surface area (Å²) in [5, 5.41) is 11.9. The molecule has 0 aliphatic rings. The molecule has 3 aromatic carbocycles. The van der Waals surface area contributed by atoms with Crippen LogP contribution < -0.4 is 5.56 Å². The number of nitro groups is 1. The Kier molecular flexibility index (Phi) is 7.30. The minimum atomic E-state index is -0.598. The van der Waals surface area contributed by atoms with Crippen LogP contribution in [0, 0.1) is 17.0 Å². The molecule has 9 heteroatoms. The molecule has 0 saturated carbocycles. The van der Waals surface area contributed by atoms with Gasteiger partial charge in [0, 0.05) is 28.2 Å². The fourth-order valence-electron chi connectivity index (χ4n) is 4.23. The first-order chi connectivity index (χ1) is 17.2. The zero-order valence-corrected chi connectivity index (χ0v) is 21.7. The number of nitrogens with zero attached hydrogens (tertiary/aromatic N) is 4. The molecule has 1 aromatic heterocycles. The van der Waals surface area contributed by atoms with E-state index in [9.17, 15) is 19.7 Å². The van der Waals surface area contributed by atoms with Gasteiger partial charge >= 0.3 is 0 Å². The Balaban J connectivity index is 1.89. The Bertz CT molecular complexity index is 1510. The summed E-state index contributed by atoms with van der Waals surface area (Å²) in [6, 6.07) is 18.3. The van der Waals surface area contributed by atoms with Crippen LogP contribution in [0.5, 0.6) is 0 Å². The van der Waals surface area contributed by atoms with Crippen molar-refractivity contribution in [2.24, 2.45) is 0 Å². The van der Waals surface area contributed by atoms with Crippen molar-refractivity contribution in [1.82, 2.24) is 14.5 Å². The summed E-state index contributed by atoms with van der Waals surface area (Å²) in [4.78, 5) is 44.7. The van der Waals surface area contributed by atoms with E-state index >= 15 is 0 Å². The van der Waals surface area contributed by atoms with Gasteiger partial charge in [-0.05, 0) is 62.7 Å². The number of rotatable bonds is 7. The molecule has 0 radical (unpaired) electrons. The third-order valence-corrected chi connectivity index (χ3v) is 6.63. The number of hydrogen-bond donors (Lipinski definition) is 0. The third kappa shape index (κ3) is 4.79. The van der Waals surface area contributed by atoms with Crippen molar-refractivity contribution in [3.63, 3.8) is 0 Å². The molecule has 0 aliphatic heterocycles. The molecule has 4 aromatic rings. The van der Waals surface area contributed by atoms with Crippen LogP contribution in [0.2, 0.25) is 0 Å². The highest BCUT2D eigenvalue weighted by molar-refractivity contribution is 9.10. The summed E-state index contributed by atoms with van der Waals surface area (Å²) < 4.78 is 2.40. The van der Waals surface area contributed by atoms with Gasteiger partial charge in [0.15, 0.2) is 0 Å². The number of hydrogen-bond acceptors (Lipinski definition) is 5. The van der Waals surface area contributed by atoms with E-state index in [0.29, 0.717) is 40.9 Å². The Labute approximate surface area is 216 Å². The van der Waals surface area contributed by atoms with Gasteiger partial charge in [-0.15, -0.1) is 0 Å². The second kappa shape index (κ2) is 10.4. The molecule has 0 aliphatic carbocycles. The number of carbonyl (C=O) groups excluding carboxylic acids is 1. The smallest absolute Gasteiger partial charge is 0.273 e. The molecule has 184 valence electrons. The first kappa shape index (κ1) is 25.2. The molecular weight excluding hydrogens is 524 g/mol. The lowest BCUT2D eigenvalue weighted by Gasteiger charge is -2.30. The summed E-state index contributed by atoms with van der Waals surface area (Å²) >= 11 is 3.43. The van der Waals surface area contributed by atoms with Gasteiger partial charge in [0.25, 0.3) is 17.2 Å². The van der Waals surface area contributed by atoms with Crippen LogP contribution in [0.3, 0.4) is 0 Å². The first-order valence-electron chi connectivity index (χ1n) is 11.6. The summed E-state index contributed by atoms with van der Waals surface area (Å²) in [6.45, 7) is 5.78. The molecule has 0 bridgehead atoms. The van der Waals surface area contributed by atoms with Gasteiger partial charge in [0.05, 0.1) is 27.6 Å². The van der Waals surface area contributed by atoms with Crippen molar-refractivity contribution >= 4 is 38.4 Å². The van der Waals surface area contributed by atoms with Gasteiger partial charge in [0.2, 0.25) is 0 Å². The van der Waals surface area contributed by atoms with E-state index in [0.717, 1.165) is 4.47 Å². The maximum Gasteiger partial charge on any atom is 0.273 e. The number of nitro benzene ring substituents is 1. The summed E-state index contributed by atoms with van der Waals surface area (Å²) in [5.74, 6) is 0.0432. The van der Waals surface area contributed by atoms with Crippen molar-refractivity contribution in [3.05, 3.63) is 109 Å². The molecule has 4 rings (SSSR count). The molecule has 0 spiro atoms. The van der Waals surface area contributed by atoms with Crippen LogP contribution in [0.15, 0.2) is 76.0 Å². The van der Waals surface area contributed by atoms with Crippen LogP contribution >= 0.6 is 15.9 Å². The highest BCUT2D eigenvalue weighted by atomic mass is 79.9. The predicted octanol–water partition coefficient (Wildman–Crippen LogP) is 5.98. The SMILES string of the molecule is CCCN(C(=O)c1ccc(C)c([N+](=O)[O-])c1)C(C)c1nc2ccccc2c(=O)n1-c1ccc(Br)cc1. The largest absolute Gasteiger partial charge is 0.329 e. The van der Waals surface area contributed by atoms with Crippen molar-refractivity contribution in [3.8, 4) is 5.69 Å². The summed E-state index contributed by atoms with van der Waals surface area (Å²) in [6.07, 6.45) is 0.653. The Morgan fingerprint density at radius 2 is 1.83 bits per heavy atom. The van der Waals surface area contributed by atoms with E-state index in [-0.39, 0.29) is 22.7 Å². The molecular formula is C27H25BrN4O4. The lowest BCUT2D eigenvalue weighted by atomic mass is 10.1. The molecule has 0 N–H and O–H groups in total. The van der Waals surface area contributed by atoms with Crippen LogP contribution in [0.1, 0.15) is 48.1 Å². The summed E-state index contributed by atoms with van der Waals surface area (Å²) in [7, 11) is 0. The maximum atomic E-state index is 13.7. The number of fused-ring (bicyclic) bond motifs is 1. The third-order valence-electron chi connectivity index (χ3n) is 6.11. The van der Waals surface area contributed by atoms with Gasteiger partial charge in [-0.2, -0.15) is 0 Å². The minimum absolute atomic E-state index is 0.111. The van der Waals surface area contributed by atoms with E-state index in [1.807, 2.05) is 44.2 Å². The van der Waals surface area contributed by atoms with Gasteiger partial charge < -0.3 is 4.90 Å². The van der Waals surface area contributed by atoms with Crippen molar-refractivity contribution < 1.29 is 9.72 Å². The lowest BCUT2D eigenvalue weighted by Crippen LogP contribution is -2.38. The molecule has 36 heavy (non-hydrogen) atoms. The molecule has 1 atom stereocenters. The average molecular weight is 549 g/mol. The maximum absolute atomic E-state index is 13.7. The number of aromatic nitrogens is 2. The lowest BCUT2D eigenvalue weighted by molar-refractivity contribution is -0.385. The van der Waals surface area contributed by atoms with E-state index < -0.39 is 11.0 Å². The van der Waals surface area contributed by atoms with Crippen molar-refractivity contribution in [2.45, 2.75) is 33.2 Å². The number of amides is 1. The van der Waals surface area contributed by atoms with Crippen molar-refractivity contribution in [1.29, 1.82) is 0 Å². The summed E-state index contributed by atoms with van der Waals surface area (Å²) in [5.41, 5.74) is 1.50. The van der Waals surface area contributed by atoms with Gasteiger partial charge in [0.1, 0.15) is 5.82 Å². The van der Waals surface area contributed by atoms with Crippen LogP contribution in [-0.4, -0.2) is 31.8 Å². The number of aryl methyl sites for hydroxylation is 1. The number of benzene rings is 3. The van der Waals surface area contributed by atoms with E-state index in [1.165, 1.54) is 10.6 Å². The fourth-order valence-corrected chi connectivity index (χ4v) is 4.49. The Morgan fingerprint density at radius 1 is 1.14 bits per heavy atom. The Hall–Kier alpha value is -3.85. The average Bonchev–Trinajstić information content (AvgIpc) is 2.87. The monoisotopic (exact) mass is 548 g/mol. The fraction of sp³-hybridized carbons (Fsp3) is 0.222. The topological polar surface area (TPSA) is 98.3 Å². The van der Waals surface area contributed by atoms with Gasteiger partial charge in [-0.3, -0.25) is 24.3 Å². The Morgan fingerprint density at radius 3 is 2.50 bits per heavy atom. The van der Waals surface area contributed by atoms with Crippen LogP contribution in [0.4, 0.5) is 5.69 Å². The highest BCUT2D eigenvalue weighted by Crippen LogP contribution is 2.27. The number of carbonyl (C=O) groups is 1. The normalized spacial score (nSPS) is 11.9. The zero-order valence-electron chi connectivity index (χ0n) is 20.1. The molecule has 0 fully saturated rings. The quantitative estimate of drug-likeness (QED) is 0.209. The first-order valence-corrected chi connectivity index (χ1v) is 12.4. The van der Waals surface area contributed by atoms with Crippen LogP contribution in [0.25, 0.3) is 16.6 Å². The van der Waals surface area contributed by atoms with E-state index in [2.05, 4.69) is 15.9 Å². The highest BCUT2D eigenvalue weighted by Gasteiger charge is 2.28. The predicted molar refractivity (Wildman–Crippen MR) is 143 cm³/mol. The van der Waals surface area contributed by atoms with Gasteiger partial charge in [-0.1, -0.05) is 41.1 Å². The number of halogens is 1. The zero-order chi connectivity index (χ0) is 26.0. The second-order valence-corrected chi connectivity index (χ2v) is 9.45.